The monoisotopic (exact) mass is 347 g/mol. The van der Waals surface area contributed by atoms with Gasteiger partial charge in [-0.15, -0.1) is 0 Å². The maximum Gasteiger partial charge on any atom is 0.127 e. The molecule has 0 bridgehead atoms. The molecule has 1 aliphatic rings. The van der Waals surface area contributed by atoms with E-state index in [-0.39, 0.29) is 6.10 Å². The Morgan fingerprint density at radius 3 is 2.35 bits per heavy atom. The van der Waals surface area contributed by atoms with E-state index in [1.54, 1.807) is 0 Å². The fraction of sp³-hybridized carbons (Fsp3) is 0.278. The van der Waals surface area contributed by atoms with Gasteiger partial charge in [0.05, 0.1) is 11.6 Å². The first kappa shape index (κ1) is 16.2. The summed E-state index contributed by atoms with van der Waals surface area (Å²) in [6.07, 6.45) is 0.0474. The molecule has 2 aromatic carbocycles. The number of thiocarbonyl (C=S) groups is 1. The highest BCUT2D eigenvalue weighted by Crippen LogP contribution is 2.27. The van der Waals surface area contributed by atoms with Gasteiger partial charge in [-0.1, -0.05) is 36.0 Å². The summed E-state index contributed by atoms with van der Waals surface area (Å²) in [4.78, 5) is 3.10. The van der Waals surface area contributed by atoms with E-state index in [1.165, 1.54) is 0 Å². The minimum Gasteiger partial charge on any atom is -0.457 e. The highest BCUT2D eigenvalue weighted by molar-refractivity contribution is 7.80. The summed E-state index contributed by atoms with van der Waals surface area (Å²) in [5, 5.41) is 0.695. The molecule has 0 aliphatic carbocycles. The van der Waals surface area contributed by atoms with Crippen molar-refractivity contribution in [1.29, 1.82) is 0 Å². The topological polar surface area (TPSA) is 21.7 Å². The largest absolute Gasteiger partial charge is 0.457 e. The zero-order valence-corrected chi connectivity index (χ0v) is 14.4. The maximum atomic E-state index is 5.87. The first-order valence-corrected chi connectivity index (χ1v) is 8.31. The molecule has 0 spiro atoms. The van der Waals surface area contributed by atoms with E-state index in [9.17, 15) is 0 Å². The number of hydrogen-bond donors (Lipinski definition) is 0. The molecule has 0 aromatic heterocycles. The summed E-state index contributed by atoms with van der Waals surface area (Å²) < 4.78 is 11.7. The molecule has 1 saturated heterocycles. The van der Waals surface area contributed by atoms with Gasteiger partial charge in [-0.05, 0) is 48.9 Å². The smallest absolute Gasteiger partial charge is 0.127 e. The predicted octanol–water partition coefficient (Wildman–Crippen LogP) is 4.85. The van der Waals surface area contributed by atoms with Crippen molar-refractivity contribution < 1.29 is 9.47 Å². The van der Waals surface area contributed by atoms with Crippen molar-refractivity contribution in [2.24, 2.45) is 0 Å². The lowest BCUT2D eigenvalue weighted by Crippen LogP contribution is -2.40. The van der Waals surface area contributed by atoms with E-state index in [1.807, 2.05) is 55.5 Å². The summed E-state index contributed by atoms with van der Waals surface area (Å²) in [6.45, 7) is 4.32. The number of nitrogens with zero attached hydrogens (tertiary/aromatic N) is 1. The van der Waals surface area contributed by atoms with Crippen molar-refractivity contribution >= 4 is 28.8 Å². The summed E-state index contributed by atoms with van der Waals surface area (Å²) in [6, 6.07) is 15.3. The van der Waals surface area contributed by atoms with Crippen LogP contribution in [0.4, 0.5) is 0 Å². The van der Waals surface area contributed by atoms with Crippen molar-refractivity contribution in [2.75, 3.05) is 19.7 Å². The van der Waals surface area contributed by atoms with Gasteiger partial charge in [0.15, 0.2) is 0 Å². The Bertz CT molecular complexity index is 672. The van der Waals surface area contributed by atoms with Gasteiger partial charge in [-0.2, -0.15) is 0 Å². The van der Waals surface area contributed by atoms with Crippen LogP contribution >= 0.6 is 23.8 Å². The van der Waals surface area contributed by atoms with E-state index < -0.39 is 0 Å². The normalized spacial score (nSPS) is 17.8. The van der Waals surface area contributed by atoms with Crippen molar-refractivity contribution in [3.63, 3.8) is 0 Å². The molecule has 0 amide bonds. The van der Waals surface area contributed by atoms with Gasteiger partial charge in [0.1, 0.15) is 17.6 Å². The Labute approximate surface area is 146 Å². The first-order valence-electron chi connectivity index (χ1n) is 7.52. The van der Waals surface area contributed by atoms with Crippen LogP contribution in [0.15, 0.2) is 48.5 Å². The zero-order valence-electron chi connectivity index (χ0n) is 12.9. The molecule has 1 heterocycles. The lowest BCUT2D eigenvalue weighted by atomic mass is 10.1. The molecule has 1 fully saturated rings. The standard InChI is InChI=1S/C18H18ClNO2S/c1-13(23)20-10-11-21-18(12-20)14-2-6-16(7-3-14)22-17-8-4-15(19)5-9-17/h2-9,18H,10-12H2,1H3. The van der Waals surface area contributed by atoms with Gasteiger partial charge < -0.3 is 14.4 Å². The van der Waals surface area contributed by atoms with Gasteiger partial charge in [0.2, 0.25) is 0 Å². The quantitative estimate of drug-likeness (QED) is 0.739. The number of halogens is 1. The number of benzene rings is 2. The van der Waals surface area contributed by atoms with Crippen LogP contribution in [0, 0.1) is 0 Å². The zero-order chi connectivity index (χ0) is 16.2. The molecule has 1 atom stereocenters. The third-order valence-electron chi connectivity index (χ3n) is 3.81. The van der Waals surface area contributed by atoms with Crippen LogP contribution in [-0.4, -0.2) is 29.6 Å². The second-order valence-electron chi connectivity index (χ2n) is 5.45. The molecular formula is C18H18ClNO2S. The number of hydrogen-bond acceptors (Lipinski definition) is 3. The third kappa shape index (κ3) is 4.22. The minimum absolute atomic E-state index is 0.0474. The highest BCUT2D eigenvalue weighted by atomic mass is 35.5. The number of rotatable bonds is 3. The Morgan fingerprint density at radius 2 is 1.74 bits per heavy atom. The summed E-state index contributed by atoms with van der Waals surface area (Å²) in [5.41, 5.74) is 1.13. The van der Waals surface area contributed by atoms with Gasteiger partial charge in [0, 0.05) is 18.1 Å². The molecule has 3 nitrogen and oxygen atoms in total. The molecule has 1 aliphatic heterocycles. The van der Waals surface area contributed by atoms with E-state index >= 15 is 0 Å². The van der Waals surface area contributed by atoms with Crippen LogP contribution in [0.5, 0.6) is 11.5 Å². The Kier molecular flexibility index (Phi) is 5.16. The minimum atomic E-state index is 0.0474. The molecule has 3 rings (SSSR count). The summed E-state index contributed by atoms with van der Waals surface area (Å²) >= 11 is 11.1. The van der Waals surface area contributed by atoms with Crippen molar-refractivity contribution in [2.45, 2.75) is 13.0 Å². The van der Waals surface area contributed by atoms with E-state index in [2.05, 4.69) is 4.90 Å². The summed E-state index contributed by atoms with van der Waals surface area (Å²) in [5.74, 6) is 1.55. The molecule has 5 heteroatoms. The van der Waals surface area contributed by atoms with E-state index in [0.717, 1.165) is 35.1 Å². The molecular weight excluding hydrogens is 330 g/mol. The summed E-state index contributed by atoms with van der Waals surface area (Å²) in [7, 11) is 0. The van der Waals surface area contributed by atoms with E-state index in [0.29, 0.717) is 11.6 Å². The van der Waals surface area contributed by atoms with Crippen molar-refractivity contribution in [1.82, 2.24) is 4.90 Å². The van der Waals surface area contributed by atoms with Gasteiger partial charge in [-0.3, -0.25) is 0 Å². The van der Waals surface area contributed by atoms with Crippen LogP contribution in [0.3, 0.4) is 0 Å². The van der Waals surface area contributed by atoms with Gasteiger partial charge in [0.25, 0.3) is 0 Å². The first-order chi connectivity index (χ1) is 11.1. The predicted molar refractivity (Wildman–Crippen MR) is 96.5 cm³/mol. The maximum absolute atomic E-state index is 5.87. The fourth-order valence-electron chi connectivity index (χ4n) is 2.53. The molecule has 23 heavy (non-hydrogen) atoms. The number of morpholine rings is 1. The molecule has 0 saturated carbocycles. The SMILES string of the molecule is CC(=S)N1CCOC(c2ccc(Oc3ccc(Cl)cc3)cc2)C1. The van der Waals surface area contributed by atoms with E-state index in [4.69, 9.17) is 33.3 Å². The Balaban J connectivity index is 1.67. The molecule has 120 valence electrons. The fourth-order valence-corrected chi connectivity index (χ4v) is 2.82. The lowest BCUT2D eigenvalue weighted by molar-refractivity contribution is -0.00629. The van der Waals surface area contributed by atoms with Gasteiger partial charge >= 0.3 is 0 Å². The average molecular weight is 348 g/mol. The molecule has 1 unspecified atom stereocenters. The van der Waals surface area contributed by atoms with Crippen molar-refractivity contribution in [3.8, 4) is 11.5 Å². The lowest BCUT2D eigenvalue weighted by Gasteiger charge is -2.34. The van der Waals surface area contributed by atoms with Crippen LogP contribution in [-0.2, 0) is 4.74 Å². The molecule has 0 radical (unpaired) electrons. The molecule has 0 N–H and O–H groups in total. The van der Waals surface area contributed by atoms with Crippen LogP contribution < -0.4 is 4.74 Å². The van der Waals surface area contributed by atoms with Crippen LogP contribution in [0.25, 0.3) is 0 Å². The second kappa shape index (κ2) is 7.30. The Hall–Kier alpha value is -1.62. The average Bonchev–Trinajstić information content (AvgIpc) is 2.58. The highest BCUT2D eigenvalue weighted by Gasteiger charge is 2.22. The van der Waals surface area contributed by atoms with Crippen LogP contribution in [0.2, 0.25) is 5.02 Å². The second-order valence-corrected chi connectivity index (χ2v) is 6.48. The molecule has 2 aromatic rings. The van der Waals surface area contributed by atoms with Gasteiger partial charge in [-0.25, -0.2) is 0 Å². The van der Waals surface area contributed by atoms with Crippen LogP contribution in [0.1, 0.15) is 18.6 Å². The van der Waals surface area contributed by atoms with Crippen molar-refractivity contribution in [3.05, 3.63) is 59.1 Å². The Morgan fingerprint density at radius 1 is 1.13 bits per heavy atom. The number of ether oxygens (including phenoxy) is 2. The third-order valence-corrected chi connectivity index (χ3v) is 4.32.